The highest BCUT2D eigenvalue weighted by Gasteiger charge is 2.36. The molecule has 2 aromatic rings. The van der Waals surface area contributed by atoms with E-state index in [-0.39, 0.29) is 23.9 Å². The highest BCUT2D eigenvalue weighted by atomic mass is 16.6. The lowest BCUT2D eigenvalue weighted by atomic mass is 10.1. The molecule has 0 spiro atoms. The Labute approximate surface area is 164 Å². The lowest BCUT2D eigenvalue weighted by molar-refractivity contribution is 0.0130. The maximum atomic E-state index is 12.6. The molecular formula is C19H30N6O3. The van der Waals surface area contributed by atoms with E-state index in [4.69, 9.17) is 4.74 Å². The van der Waals surface area contributed by atoms with Gasteiger partial charge in [-0.1, -0.05) is 0 Å². The number of carbonyl (C=O) groups excluding carboxylic acids is 1. The molecule has 1 saturated heterocycles. The van der Waals surface area contributed by atoms with Gasteiger partial charge in [-0.15, -0.1) is 0 Å². The second-order valence-corrected chi connectivity index (χ2v) is 8.47. The number of hydrogen-bond donors (Lipinski definition) is 0. The summed E-state index contributed by atoms with van der Waals surface area (Å²) in [4.78, 5) is 37.8. The zero-order chi connectivity index (χ0) is 20.8. The molecule has 0 unspecified atom stereocenters. The Balaban J connectivity index is 1.95. The van der Waals surface area contributed by atoms with Gasteiger partial charge in [0.1, 0.15) is 16.8 Å². The molecule has 3 heterocycles. The van der Waals surface area contributed by atoms with Gasteiger partial charge in [0.25, 0.3) is 0 Å². The summed E-state index contributed by atoms with van der Waals surface area (Å²) in [6.07, 6.45) is 1.38. The van der Waals surface area contributed by atoms with Crippen molar-refractivity contribution in [2.24, 2.45) is 7.05 Å². The van der Waals surface area contributed by atoms with E-state index in [1.807, 2.05) is 53.2 Å². The number of aromatic nitrogens is 4. The van der Waals surface area contributed by atoms with E-state index in [0.717, 1.165) is 5.65 Å². The average Bonchev–Trinajstić information content (AvgIpc) is 2.96. The van der Waals surface area contributed by atoms with Crippen LogP contribution in [0.3, 0.4) is 0 Å². The summed E-state index contributed by atoms with van der Waals surface area (Å²) in [5.41, 5.74) is 0.632. The van der Waals surface area contributed by atoms with Crippen LogP contribution in [0.15, 0.2) is 11.1 Å². The fraction of sp³-hybridized carbons (Fsp3) is 0.684. The van der Waals surface area contributed by atoms with Crippen molar-refractivity contribution in [3.05, 3.63) is 16.8 Å². The average molecular weight is 390 g/mol. The van der Waals surface area contributed by atoms with Crippen LogP contribution in [0.5, 0.6) is 0 Å². The number of anilines is 1. The molecule has 154 valence electrons. The summed E-state index contributed by atoms with van der Waals surface area (Å²) in [7, 11) is 1.87. The standard InChI is InChI=1S/C19H30N6O3/c1-8-23-16-14(20-11-22(16)7)15(21-17(23)26)24-9-13(3)25(10-12(24)2)18(27)28-19(4,5)6/h11-13H,8-10H2,1-7H3/t12-,13+/m0/s1. The van der Waals surface area contributed by atoms with Crippen LogP contribution in [0.1, 0.15) is 41.5 Å². The van der Waals surface area contributed by atoms with Crippen molar-refractivity contribution in [2.75, 3.05) is 18.0 Å². The lowest BCUT2D eigenvalue weighted by Gasteiger charge is -2.44. The first-order valence-corrected chi connectivity index (χ1v) is 9.71. The monoisotopic (exact) mass is 390 g/mol. The molecule has 0 N–H and O–H groups in total. The molecule has 2 aromatic heterocycles. The minimum Gasteiger partial charge on any atom is -0.444 e. The highest BCUT2D eigenvalue weighted by molar-refractivity contribution is 5.84. The molecule has 1 amide bonds. The fourth-order valence-corrected chi connectivity index (χ4v) is 3.68. The van der Waals surface area contributed by atoms with Crippen LogP contribution in [0, 0.1) is 0 Å². The number of hydrogen-bond acceptors (Lipinski definition) is 6. The van der Waals surface area contributed by atoms with Crippen LogP contribution in [-0.4, -0.2) is 60.9 Å². The number of amides is 1. The molecule has 28 heavy (non-hydrogen) atoms. The summed E-state index contributed by atoms with van der Waals surface area (Å²) in [6.45, 7) is 13.1. The van der Waals surface area contributed by atoms with Crippen LogP contribution in [0.4, 0.5) is 10.6 Å². The maximum Gasteiger partial charge on any atom is 0.410 e. The molecule has 0 radical (unpaired) electrons. The van der Waals surface area contributed by atoms with Crippen LogP contribution in [-0.2, 0) is 18.3 Å². The van der Waals surface area contributed by atoms with E-state index in [9.17, 15) is 9.59 Å². The number of fused-ring (bicyclic) bond motifs is 1. The van der Waals surface area contributed by atoms with Gasteiger partial charge < -0.3 is 19.1 Å². The molecule has 0 aliphatic carbocycles. The number of piperazine rings is 1. The zero-order valence-corrected chi connectivity index (χ0v) is 17.8. The van der Waals surface area contributed by atoms with Crippen LogP contribution in [0.2, 0.25) is 0 Å². The van der Waals surface area contributed by atoms with E-state index in [0.29, 0.717) is 31.0 Å². The van der Waals surface area contributed by atoms with E-state index >= 15 is 0 Å². The first-order chi connectivity index (χ1) is 13.0. The van der Waals surface area contributed by atoms with Crippen molar-refractivity contribution in [1.82, 2.24) is 24.0 Å². The summed E-state index contributed by atoms with van der Waals surface area (Å²) >= 11 is 0. The van der Waals surface area contributed by atoms with Crippen molar-refractivity contribution in [1.29, 1.82) is 0 Å². The van der Waals surface area contributed by atoms with Crippen molar-refractivity contribution < 1.29 is 9.53 Å². The molecule has 3 rings (SSSR count). The Morgan fingerprint density at radius 2 is 1.93 bits per heavy atom. The molecule has 0 bridgehead atoms. The van der Waals surface area contributed by atoms with Gasteiger partial charge in [0.15, 0.2) is 5.82 Å². The van der Waals surface area contributed by atoms with Crippen LogP contribution < -0.4 is 10.6 Å². The van der Waals surface area contributed by atoms with Gasteiger partial charge in [-0.05, 0) is 41.5 Å². The molecule has 0 saturated carbocycles. The smallest absolute Gasteiger partial charge is 0.410 e. The van der Waals surface area contributed by atoms with Crippen molar-refractivity contribution in [2.45, 2.75) is 65.8 Å². The number of aryl methyl sites for hydroxylation is 2. The highest BCUT2D eigenvalue weighted by Crippen LogP contribution is 2.27. The summed E-state index contributed by atoms with van der Waals surface area (Å²) in [6, 6.07) is -0.112. The van der Waals surface area contributed by atoms with Gasteiger partial charge in [-0.3, -0.25) is 4.57 Å². The molecule has 2 atom stereocenters. The summed E-state index contributed by atoms with van der Waals surface area (Å²) < 4.78 is 9.01. The largest absolute Gasteiger partial charge is 0.444 e. The zero-order valence-electron chi connectivity index (χ0n) is 17.8. The third kappa shape index (κ3) is 3.57. The van der Waals surface area contributed by atoms with Crippen molar-refractivity contribution in [3.8, 4) is 0 Å². The van der Waals surface area contributed by atoms with Gasteiger partial charge in [0, 0.05) is 38.8 Å². The first-order valence-electron chi connectivity index (χ1n) is 9.71. The van der Waals surface area contributed by atoms with Gasteiger partial charge in [0.05, 0.1) is 6.33 Å². The molecule has 1 aliphatic heterocycles. The molecule has 1 aliphatic rings. The van der Waals surface area contributed by atoms with Crippen LogP contribution >= 0.6 is 0 Å². The van der Waals surface area contributed by atoms with Crippen molar-refractivity contribution in [3.63, 3.8) is 0 Å². The Morgan fingerprint density at radius 1 is 1.25 bits per heavy atom. The Hall–Kier alpha value is -2.58. The number of carbonyl (C=O) groups is 1. The van der Waals surface area contributed by atoms with E-state index in [1.165, 1.54) is 0 Å². The normalized spacial score (nSPS) is 20.7. The summed E-state index contributed by atoms with van der Waals surface area (Å²) in [5, 5.41) is 0. The number of imidazole rings is 1. The summed E-state index contributed by atoms with van der Waals surface area (Å²) in [5.74, 6) is 0.577. The second kappa shape index (κ2) is 7.10. The first kappa shape index (κ1) is 20.2. The molecular weight excluding hydrogens is 360 g/mol. The number of ether oxygens (including phenoxy) is 1. The van der Waals surface area contributed by atoms with Crippen molar-refractivity contribution >= 4 is 23.1 Å². The van der Waals surface area contributed by atoms with Gasteiger partial charge in [-0.25, -0.2) is 14.6 Å². The molecule has 9 heteroatoms. The SMILES string of the molecule is CCn1c(=O)nc(N2C[C@@H](C)N(C(=O)OC(C)(C)C)C[C@@H]2C)c2ncn(C)c21. The number of nitrogens with zero attached hydrogens (tertiary/aromatic N) is 6. The van der Waals surface area contributed by atoms with E-state index < -0.39 is 5.60 Å². The minimum absolute atomic E-state index is 0.0294. The van der Waals surface area contributed by atoms with Gasteiger partial charge >= 0.3 is 11.8 Å². The predicted molar refractivity (Wildman–Crippen MR) is 108 cm³/mol. The Morgan fingerprint density at radius 3 is 2.54 bits per heavy atom. The third-order valence-electron chi connectivity index (χ3n) is 5.01. The van der Waals surface area contributed by atoms with E-state index in [2.05, 4.69) is 14.9 Å². The van der Waals surface area contributed by atoms with E-state index in [1.54, 1.807) is 15.8 Å². The third-order valence-corrected chi connectivity index (χ3v) is 5.01. The maximum absolute atomic E-state index is 12.6. The Bertz CT molecular complexity index is 942. The lowest BCUT2D eigenvalue weighted by Crippen LogP contribution is -2.59. The number of rotatable bonds is 2. The topological polar surface area (TPSA) is 85.5 Å². The fourth-order valence-electron chi connectivity index (χ4n) is 3.68. The molecule has 1 fully saturated rings. The second-order valence-electron chi connectivity index (χ2n) is 8.47. The minimum atomic E-state index is -0.538. The quantitative estimate of drug-likeness (QED) is 0.780. The van der Waals surface area contributed by atoms with Crippen LogP contribution in [0.25, 0.3) is 11.2 Å². The van der Waals surface area contributed by atoms with Gasteiger partial charge in [0.2, 0.25) is 0 Å². The van der Waals surface area contributed by atoms with Gasteiger partial charge in [-0.2, -0.15) is 4.98 Å². The molecule has 0 aromatic carbocycles. The Kier molecular flexibility index (Phi) is 5.12. The molecule has 9 nitrogen and oxygen atoms in total. The predicted octanol–water partition coefficient (Wildman–Crippen LogP) is 1.98.